The van der Waals surface area contributed by atoms with Crippen LogP contribution in [0.1, 0.15) is 49.8 Å². The Morgan fingerprint density at radius 1 is 1.40 bits per heavy atom. The molecule has 20 heavy (non-hydrogen) atoms. The zero-order chi connectivity index (χ0) is 14.3. The molecular formula is C14H19N5O. The number of nitrogen functional groups attached to an aromatic ring is 1. The Bertz CT molecular complexity index is 696. The first-order chi connectivity index (χ1) is 9.63. The van der Waals surface area contributed by atoms with Crippen LogP contribution >= 0.6 is 0 Å². The third kappa shape index (κ3) is 2.11. The van der Waals surface area contributed by atoms with Gasteiger partial charge in [0.05, 0.1) is 17.1 Å². The quantitative estimate of drug-likeness (QED) is 0.884. The zero-order valence-electron chi connectivity index (χ0n) is 11.8. The summed E-state index contributed by atoms with van der Waals surface area (Å²) >= 11 is 0. The van der Waals surface area contributed by atoms with E-state index < -0.39 is 0 Å². The maximum absolute atomic E-state index is 11.8. The van der Waals surface area contributed by atoms with Crippen molar-refractivity contribution in [3.05, 3.63) is 33.6 Å². The second-order valence-electron chi connectivity index (χ2n) is 5.19. The normalized spacial score (nSPS) is 14.7. The van der Waals surface area contributed by atoms with Gasteiger partial charge in [0.1, 0.15) is 5.82 Å². The number of anilines is 1. The van der Waals surface area contributed by atoms with E-state index in [-0.39, 0.29) is 5.56 Å². The molecule has 0 saturated heterocycles. The molecule has 0 bridgehead atoms. The molecule has 1 fully saturated rings. The minimum Gasteiger partial charge on any atom is -0.396 e. The van der Waals surface area contributed by atoms with E-state index >= 15 is 0 Å². The second kappa shape index (κ2) is 4.77. The van der Waals surface area contributed by atoms with Crippen molar-refractivity contribution in [2.24, 2.45) is 0 Å². The van der Waals surface area contributed by atoms with Gasteiger partial charge in [0, 0.05) is 12.0 Å². The van der Waals surface area contributed by atoms with Gasteiger partial charge >= 0.3 is 0 Å². The van der Waals surface area contributed by atoms with Crippen LogP contribution in [0.2, 0.25) is 0 Å². The molecule has 0 aliphatic heterocycles. The molecule has 2 aromatic rings. The van der Waals surface area contributed by atoms with Crippen LogP contribution in [0.15, 0.2) is 10.9 Å². The Morgan fingerprint density at radius 2 is 2.15 bits per heavy atom. The van der Waals surface area contributed by atoms with Crippen LogP contribution in [0.4, 0.5) is 5.69 Å². The lowest BCUT2D eigenvalue weighted by atomic mass is 10.2. The van der Waals surface area contributed by atoms with Crippen LogP contribution in [-0.2, 0) is 12.8 Å². The van der Waals surface area contributed by atoms with E-state index in [0.29, 0.717) is 17.4 Å². The molecule has 0 spiro atoms. The summed E-state index contributed by atoms with van der Waals surface area (Å²) in [6.07, 6.45) is 3.71. The summed E-state index contributed by atoms with van der Waals surface area (Å²) in [4.78, 5) is 19.2. The molecule has 0 unspecified atom stereocenters. The Hall–Kier alpha value is -2.11. The summed E-state index contributed by atoms with van der Waals surface area (Å²) in [5, 5.41) is 4.51. The number of H-pyrrole nitrogens is 1. The van der Waals surface area contributed by atoms with Crippen molar-refractivity contribution < 1.29 is 0 Å². The molecule has 0 atom stereocenters. The maximum Gasteiger partial charge on any atom is 0.253 e. The molecule has 6 heteroatoms. The molecule has 0 radical (unpaired) electrons. The number of hydrogen-bond donors (Lipinski definition) is 2. The highest BCUT2D eigenvalue weighted by molar-refractivity contribution is 5.50. The lowest BCUT2D eigenvalue weighted by Crippen LogP contribution is -2.15. The van der Waals surface area contributed by atoms with Gasteiger partial charge in [-0.15, -0.1) is 0 Å². The molecule has 1 aliphatic carbocycles. The van der Waals surface area contributed by atoms with Gasteiger partial charge in [0.25, 0.3) is 5.56 Å². The van der Waals surface area contributed by atoms with Crippen LogP contribution in [0, 0.1) is 0 Å². The van der Waals surface area contributed by atoms with E-state index in [1.165, 1.54) is 6.07 Å². The third-order valence-electron chi connectivity index (χ3n) is 3.70. The topological polar surface area (TPSA) is 89.6 Å². The standard InChI is InChI=1S/C14H19N5O/c1-3-9-13(15)10(4-2)19(18-9)11-7-12(20)17-14(16-11)8-5-6-8/h7-8H,3-6,15H2,1-2H3,(H,16,17,20). The first-order valence-corrected chi connectivity index (χ1v) is 7.11. The molecule has 3 rings (SSSR count). The number of aryl methyl sites for hydroxylation is 1. The minimum absolute atomic E-state index is 0.133. The number of nitrogens with one attached hydrogen (secondary N) is 1. The van der Waals surface area contributed by atoms with Crippen LogP contribution in [0.25, 0.3) is 5.82 Å². The first kappa shape index (κ1) is 12.9. The monoisotopic (exact) mass is 273 g/mol. The lowest BCUT2D eigenvalue weighted by Gasteiger charge is -2.06. The maximum atomic E-state index is 11.8. The largest absolute Gasteiger partial charge is 0.396 e. The molecule has 2 heterocycles. The Morgan fingerprint density at radius 3 is 2.75 bits per heavy atom. The predicted molar refractivity (Wildman–Crippen MR) is 77.1 cm³/mol. The molecule has 3 N–H and O–H groups in total. The molecule has 0 aromatic carbocycles. The Kier molecular flexibility index (Phi) is 3.08. The zero-order valence-corrected chi connectivity index (χ0v) is 11.8. The van der Waals surface area contributed by atoms with Gasteiger partial charge in [-0.05, 0) is 25.7 Å². The molecule has 0 amide bonds. The summed E-state index contributed by atoms with van der Waals surface area (Å²) < 4.78 is 1.72. The number of nitrogens with zero attached hydrogens (tertiary/aromatic N) is 3. The van der Waals surface area contributed by atoms with E-state index in [4.69, 9.17) is 5.73 Å². The fourth-order valence-corrected chi connectivity index (χ4v) is 2.43. The predicted octanol–water partition coefficient (Wildman–Crippen LogP) is 1.54. The highest BCUT2D eigenvalue weighted by atomic mass is 16.1. The van der Waals surface area contributed by atoms with Crippen molar-refractivity contribution in [2.75, 3.05) is 5.73 Å². The molecule has 1 aliphatic rings. The van der Waals surface area contributed by atoms with Crippen molar-refractivity contribution in [1.29, 1.82) is 0 Å². The summed E-state index contributed by atoms with van der Waals surface area (Å²) in [7, 11) is 0. The van der Waals surface area contributed by atoms with E-state index in [9.17, 15) is 4.79 Å². The highest BCUT2D eigenvalue weighted by Crippen LogP contribution is 2.37. The van der Waals surface area contributed by atoms with E-state index in [0.717, 1.165) is 42.9 Å². The number of rotatable bonds is 4. The van der Waals surface area contributed by atoms with Gasteiger partial charge in [-0.3, -0.25) is 4.79 Å². The minimum atomic E-state index is -0.133. The fraction of sp³-hybridized carbons (Fsp3) is 0.500. The smallest absolute Gasteiger partial charge is 0.253 e. The SMILES string of the molecule is CCc1nn(-c2cc(=O)[nH]c(C3CC3)n2)c(CC)c1N. The van der Waals surface area contributed by atoms with Crippen LogP contribution < -0.4 is 11.3 Å². The van der Waals surface area contributed by atoms with Crippen molar-refractivity contribution in [3.63, 3.8) is 0 Å². The third-order valence-corrected chi connectivity index (χ3v) is 3.70. The van der Waals surface area contributed by atoms with Crippen LogP contribution in [-0.4, -0.2) is 19.7 Å². The van der Waals surface area contributed by atoms with Crippen molar-refractivity contribution in [2.45, 2.75) is 45.4 Å². The van der Waals surface area contributed by atoms with Gasteiger partial charge in [-0.2, -0.15) is 5.10 Å². The molecule has 106 valence electrons. The summed E-state index contributed by atoms with van der Waals surface area (Å²) in [6, 6.07) is 1.48. The Labute approximate surface area is 117 Å². The number of nitrogens with two attached hydrogens (primary N) is 1. The van der Waals surface area contributed by atoms with Gasteiger partial charge in [-0.25, -0.2) is 9.67 Å². The fourth-order valence-electron chi connectivity index (χ4n) is 2.43. The Balaban J connectivity index is 2.15. The van der Waals surface area contributed by atoms with E-state index in [1.54, 1.807) is 4.68 Å². The first-order valence-electron chi connectivity index (χ1n) is 7.11. The lowest BCUT2D eigenvalue weighted by molar-refractivity contribution is 0.751. The molecular weight excluding hydrogens is 254 g/mol. The van der Waals surface area contributed by atoms with Gasteiger partial charge < -0.3 is 10.7 Å². The average molecular weight is 273 g/mol. The molecule has 6 nitrogen and oxygen atoms in total. The highest BCUT2D eigenvalue weighted by Gasteiger charge is 2.27. The second-order valence-corrected chi connectivity index (χ2v) is 5.19. The van der Waals surface area contributed by atoms with E-state index in [2.05, 4.69) is 15.1 Å². The van der Waals surface area contributed by atoms with Crippen LogP contribution in [0.3, 0.4) is 0 Å². The van der Waals surface area contributed by atoms with Gasteiger partial charge in [0.15, 0.2) is 5.82 Å². The van der Waals surface area contributed by atoms with Crippen molar-refractivity contribution in [3.8, 4) is 5.82 Å². The average Bonchev–Trinajstić information content (AvgIpc) is 3.22. The molecule has 2 aromatic heterocycles. The number of aromatic nitrogens is 4. The van der Waals surface area contributed by atoms with Gasteiger partial charge in [-0.1, -0.05) is 13.8 Å². The van der Waals surface area contributed by atoms with E-state index in [1.807, 2.05) is 13.8 Å². The summed E-state index contributed by atoms with van der Waals surface area (Å²) in [5.41, 5.74) is 8.47. The summed E-state index contributed by atoms with van der Waals surface area (Å²) in [5.74, 6) is 1.73. The van der Waals surface area contributed by atoms with Crippen molar-refractivity contribution in [1.82, 2.24) is 19.7 Å². The van der Waals surface area contributed by atoms with Crippen molar-refractivity contribution >= 4 is 5.69 Å². The number of hydrogen-bond acceptors (Lipinski definition) is 4. The van der Waals surface area contributed by atoms with Gasteiger partial charge in [0.2, 0.25) is 0 Å². The van der Waals surface area contributed by atoms with Crippen LogP contribution in [0.5, 0.6) is 0 Å². The summed E-state index contributed by atoms with van der Waals surface area (Å²) in [6.45, 7) is 4.04. The molecule has 1 saturated carbocycles. The number of aromatic amines is 1.